The number of rotatable bonds is 4. The van der Waals surface area contributed by atoms with E-state index in [2.05, 4.69) is 0 Å². The highest BCUT2D eigenvalue weighted by Crippen LogP contribution is 2.58. The number of carboxylic acids is 1. The van der Waals surface area contributed by atoms with E-state index in [-0.39, 0.29) is 29.5 Å². The summed E-state index contributed by atoms with van der Waals surface area (Å²) in [6.45, 7) is 2.30. The van der Waals surface area contributed by atoms with Crippen LogP contribution >= 0.6 is 0 Å². The average molecular weight is 223 g/mol. The van der Waals surface area contributed by atoms with E-state index in [1.807, 2.05) is 13.0 Å². The fraction of sp³-hybridized carbons (Fsp3) is 0.667. The van der Waals surface area contributed by atoms with Gasteiger partial charge in [-0.25, -0.2) is 0 Å². The van der Waals surface area contributed by atoms with E-state index in [4.69, 9.17) is 10.8 Å². The largest absolute Gasteiger partial charge is 0.481 e. The SMILES string of the molecule is CCC1=C[C@@H]2[C@@H](C[C@]2(CN)CC(=O)O)C1=O. The topological polar surface area (TPSA) is 80.4 Å². The second kappa shape index (κ2) is 3.70. The van der Waals surface area contributed by atoms with Gasteiger partial charge in [-0.05, 0) is 30.9 Å². The minimum absolute atomic E-state index is 0.0119. The third-order valence-corrected chi connectivity index (χ3v) is 4.09. The summed E-state index contributed by atoms with van der Waals surface area (Å²) in [5.74, 6) is -0.537. The molecule has 0 aromatic carbocycles. The lowest BCUT2D eigenvalue weighted by molar-refractivity contribution is -0.147. The van der Waals surface area contributed by atoms with Crippen LogP contribution in [0.2, 0.25) is 0 Å². The molecule has 0 heterocycles. The molecule has 0 aromatic rings. The van der Waals surface area contributed by atoms with Gasteiger partial charge in [-0.1, -0.05) is 13.0 Å². The number of carboxylic acid groups (broad SMARTS) is 1. The number of aliphatic carboxylic acids is 1. The van der Waals surface area contributed by atoms with Crippen molar-refractivity contribution in [3.63, 3.8) is 0 Å². The normalized spacial score (nSPS) is 36.6. The lowest BCUT2D eigenvalue weighted by Gasteiger charge is -2.50. The van der Waals surface area contributed by atoms with Crippen LogP contribution in [0.1, 0.15) is 26.2 Å². The third-order valence-electron chi connectivity index (χ3n) is 4.09. The minimum Gasteiger partial charge on any atom is -0.481 e. The van der Waals surface area contributed by atoms with Crippen molar-refractivity contribution in [3.05, 3.63) is 11.6 Å². The van der Waals surface area contributed by atoms with Crippen LogP contribution in [0.4, 0.5) is 0 Å². The van der Waals surface area contributed by atoms with Crippen molar-refractivity contribution >= 4 is 11.8 Å². The molecule has 2 aliphatic rings. The molecule has 0 aliphatic heterocycles. The molecule has 16 heavy (non-hydrogen) atoms. The van der Waals surface area contributed by atoms with Crippen LogP contribution in [0.3, 0.4) is 0 Å². The van der Waals surface area contributed by atoms with E-state index in [0.717, 1.165) is 12.0 Å². The maximum Gasteiger partial charge on any atom is 0.303 e. The minimum atomic E-state index is -0.824. The average Bonchev–Trinajstić information content (AvgIpc) is 2.48. The number of ketones is 1. The van der Waals surface area contributed by atoms with E-state index < -0.39 is 5.97 Å². The number of carbonyl (C=O) groups is 2. The van der Waals surface area contributed by atoms with Gasteiger partial charge in [0.15, 0.2) is 5.78 Å². The van der Waals surface area contributed by atoms with E-state index in [9.17, 15) is 9.59 Å². The number of carbonyl (C=O) groups excluding carboxylic acids is 1. The zero-order chi connectivity index (χ0) is 11.9. The van der Waals surface area contributed by atoms with Gasteiger partial charge in [0, 0.05) is 11.3 Å². The first-order chi connectivity index (χ1) is 7.54. The van der Waals surface area contributed by atoms with Gasteiger partial charge in [-0.15, -0.1) is 0 Å². The van der Waals surface area contributed by atoms with Crippen LogP contribution in [0.25, 0.3) is 0 Å². The summed E-state index contributed by atoms with van der Waals surface area (Å²) < 4.78 is 0. The Bertz CT molecular complexity index is 374. The number of nitrogens with two attached hydrogens (primary N) is 1. The van der Waals surface area contributed by atoms with Crippen molar-refractivity contribution in [2.45, 2.75) is 26.2 Å². The molecule has 0 spiro atoms. The van der Waals surface area contributed by atoms with Gasteiger partial charge < -0.3 is 10.8 Å². The first kappa shape index (κ1) is 11.3. The number of Topliss-reactive ketones (excluding diaryl/α,β-unsaturated/α-hetero) is 1. The van der Waals surface area contributed by atoms with Crippen molar-refractivity contribution < 1.29 is 14.7 Å². The third kappa shape index (κ3) is 1.40. The summed E-state index contributed by atoms with van der Waals surface area (Å²) in [5.41, 5.74) is 6.19. The molecule has 2 rings (SSSR count). The summed E-state index contributed by atoms with van der Waals surface area (Å²) in [6, 6.07) is 0. The van der Waals surface area contributed by atoms with Crippen LogP contribution in [-0.4, -0.2) is 23.4 Å². The van der Waals surface area contributed by atoms with E-state index in [1.54, 1.807) is 0 Å². The van der Waals surface area contributed by atoms with Crippen LogP contribution in [0.5, 0.6) is 0 Å². The standard InChI is InChI=1S/C12H17NO3/c1-2-7-3-9-8(11(7)16)4-12(9,6-13)5-10(14)15/h3,8-9H,2,4-6,13H2,1H3,(H,14,15)/t8-,9-,12-/m1/s1. The molecule has 0 saturated heterocycles. The van der Waals surface area contributed by atoms with E-state index >= 15 is 0 Å². The Hall–Kier alpha value is -1.16. The lowest BCUT2D eigenvalue weighted by atomic mass is 9.53. The molecule has 0 aromatic heterocycles. The number of allylic oxidation sites excluding steroid dienone is 2. The number of hydrogen-bond acceptors (Lipinski definition) is 3. The highest BCUT2D eigenvalue weighted by molar-refractivity contribution is 6.01. The maximum absolute atomic E-state index is 11.8. The smallest absolute Gasteiger partial charge is 0.303 e. The Morgan fingerprint density at radius 1 is 1.69 bits per heavy atom. The lowest BCUT2D eigenvalue weighted by Crippen LogP contribution is -2.53. The van der Waals surface area contributed by atoms with Crippen molar-refractivity contribution in [1.82, 2.24) is 0 Å². The van der Waals surface area contributed by atoms with Crippen molar-refractivity contribution in [2.24, 2.45) is 23.0 Å². The van der Waals surface area contributed by atoms with Crippen LogP contribution in [0.15, 0.2) is 11.6 Å². The van der Waals surface area contributed by atoms with Crippen molar-refractivity contribution in [3.8, 4) is 0 Å². The maximum atomic E-state index is 11.8. The fourth-order valence-corrected chi connectivity index (χ4v) is 3.13. The molecule has 4 heteroatoms. The van der Waals surface area contributed by atoms with Gasteiger partial charge in [-0.3, -0.25) is 9.59 Å². The molecule has 1 fully saturated rings. The highest BCUT2D eigenvalue weighted by Gasteiger charge is 2.58. The van der Waals surface area contributed by atoms with E-state index in [1.165, 1.54) is 0 Å². The Kier molecular flexibility index (Phi) is 2.62. The molecular formula is C12H17NO3. The molecule has 3 N–H and O–H groups in total. The Morgan fingerprint density at radius 2 is 2.38 bits per heavy atom. The Morgan fingerprint density at radius 3 is 2.88 bits per heavy atom. The number of hydrogen-bond donors (Lipinski definition) is 2. The summed E-state index contributed by atoms with van der Waals surface area (Å²) >= 11 is 0. The summed E-state index contributed by atoms with van der Waals surface area (Å²) in [6.07, 6.45) is 3.41. The summed E-state index contributed by atoms with van der Waals surface area (Å²) in [7, 11) is 0. The zero-order valence-corrected chi connectivity index (χ0v) is 9.40. The molecular weight excluding hydrogens is 206 g/mol. The fourth-order valence-electron chi connectivity index (χ4n) is 3.13. The predicted molar refractivity (Wildman–Crippen MR) is 58.7 cm³/mol. The molecule has 1 saturated carbocycles. The second-order valence-corrected chi connectivity index (χ2v) is 4.88. The summed E-state index contributed by atoms with van der Waals surface area (Å²) in [4.78, 5) is 22.7. The van der Waals surface area contributed by atoms with Gasteiger partial charge in [-0.2, -0.15) is 0 Å². The van der Waals surface area contributed by atoms with Gasteiger partial charge >= 0.3 is 5.97 Å². The first-order valence-corrected chi connectivity index (χ1v) is 5.71. The van der Waals surface area contributed by atoms with Gasteiger partial charge in [0.05, 0.1) is 6.42 Å². The van der Waals surface area contributed by atoms with Crippen LogP contribution < -0.4 is 5.73 Å². The summed E-state index contributed by atoms with van der Waals surface area (Å²) in [5, 5.41) is 8.89. The Balaban J connectivity index is 2.20. The second-order valence-electron chi connectivity index (χ2n) is 4.88. The molecule has 0 unspecified atom stereocenters. The molecule has 0 radical (unpaired) electrons. The monoisotopic (exact) mass is 223 g/mol. The highest BCUT2D eigenvalue weighted by atomic mass is 16.4. The molecule has 88 valence electrons. The van der Waals surface area contributed by atoms with Gasteiger partial charge in [0.25, 0.3) is 0 Å². The predicted octanol–water partition coefficient (Wildman–Crippen LogP) is 0.961. The van der Waals surface area contributed by atoms with E-state index in [0.29, 0.717) is 13.0 Å². The number of fused-ring (bicyclic) bond motifs is 1. The zero-order valence-electron chi connectivity index (χ0n) is 9.40. The molecule has 3 atom stereocenters. The van der Waals surface area contributed by atoms with Crippen molar-refractivity contribution in [1.29, 1.82) is 0 Å². The van der Waals surface area contributed by atoms with Gasteiger partial charge in [0.1, 0.15) is 0 Å². The first-order valence-electron chi connectivity index (χ1n) is 5.71. The molecule has 0 bridgehead atoms. The van der Waals surface area contributed by atoms with Crippen LogP contribution in [0, 0.1) is 17.3 Å². The van der Waals surface area contributed by atoms with Crippen molar-refractivity contribution in [2.75, 3.05) is 6.54 Å². The van der Waals surface area contributed by atoms with Gasteiger partial charge in [0.2, 0.25) is 0 Å². The van der Waals surface area contributed by atoms with Crippen LogP contribution in [-0.2, 0) is 9.59 Å². The molecule has 4 nitrogen and oxygen atoms in total. The molecule has 0 amide bonds. The quantitative estimate of drug-likeness (QED) is 0.744. The Labute approximate surface area is 94.5 Å². The molecule has 2 aliphatic carbocycles.